The van der Waals surface area contributed by atoms with Gasteiger partial charge in [-0.25, -0.2) is 0 Å². The van der Waals surface area contributed by atoms with Gasteiger partial charge in [0.15, 0.2) is 5.82 Å². The van der Waals surface area contributed by atoms with Crippen molar-refractivity contribution in [2.45, 2.75) is 25.5 Å². The lowest BCUT2D eigenvalue weighted by molar-refractivity contribution is 0.0835. The van der Waals surface area contributed by atoms with Crippen LogP contribution in [-0.4, -0.2) is 38.1 Å². The number of aromatic amines is 1. The van der Waals surface area contributed by atoms with Gasteiger partial charge in [0.1, 0.15) is 17.1 Å². The lowest BCUT2D eigenvalue weighted by Gasteiger charge is -2.02. The number of carbonyl (C=O) groups is 1. The summed E-state index contributed by atoms with van der Waals surface area (Å²) in [4.78, 5) is 16.4. The predicted molar refractivity (Wildman–Crippen MR) is 77.3 cm³/mol. The Kier molecular flexibility index (Phi) is 3.46. The molecule has 3 heterocycles. The maximum atomic E-state index is 12.2. The van der Waals surface area contributed by atoms with Crippen LogP contribution in [0.15, 0.2) is 22.7 Å². The third kappa shape index (κ3) is 2.78. The molecule has 1 amide bonds. The van der Waals surface area contributed by atoms with Crippen molar-refractivity contribution in [1.82, 2.24) is 30.9 Å². The molecule has 2 aromatic heterocycles. The van der Waals surface area contributed by atoms with Gasteiger partial charge in [-0.15, -0.1) is 0 Å². The van der Waals surface area contributed by atoms with Crippen LogP contribution in [0.4, 0.5) is 0 Å². The van der Waals surface area contributed by atoms with Gasteiger partial charge in [0.2, 0.25) is 0 Å². The molecule has 1 atom stereocenters. The smallest absolute Gasteiger partial charge is 0.255 e. The summed E-state index contributed by atoms with van der Waals surface area (Å²) in [5, 5.41) is 17.0. The SMILES string of the molecule is O=C(NCc1noc(C2CCCO2)n1)c1ccc2n[nH]nc2c1. The molecule has 1 unspecified atom stereocenters. The molecule has 3 aromatic rings. The number of ether oxygens (including phenoxy) is 1. The summed E-state index contributed by atoms with van der Waals surface area (Å²) in [6, 6.07) is 5.09. The van der Waals surface area contributed by atoms with Gasteiger partial charge in [0.05, 0.1) is 6.54 Å². The summed E-state index contributed by atoms with van der Waals surface area (Å²) < 4.78 is 10.7. The summed E-state index contributed by atoms with van der Waals surface area (Å²) in [5.41, 5.74) is 1.84. The molecule has 0 aliphatic carbocycles. The summed E-state index contributed by atoms with van der Waals surface area (Å²) in [5.74, 6) is 0.653. The number of hydrogen-bond acceptors (Lipinski definition) is 7. The standard InChI is InChI=1S/C14H14N6O3/c21-13(8-3-4-9-10(6-8)18-20-17-9)15-7-12-16-14(23-19-12)11-2-1-5-22-11/h3-4,6,11H,1-2,5,7H2,(H,15,21)(H,17,18,20). The fourth-order valence-electron chi connectivity index (χ4n) is 2.49. The van der Waals surface area contributed by atoms with Crippen molar-refractivity contribution >= 4 is 16.9 Å². The largest absolute Gasteiger partial charge is 0.368 e. The van der Waals surface area contributed by atoms with Crippen LogP contribution in [0.25, 0.3) is 11.0 Å². The molecule has 118 valence electrons. The lowest BCUT2D eigenvalue weighted by Crippen LogP contribution is -2.23. The molecule has 9 heteroatoms. The third-order valence-corrected chi connectivity index (χ3v) is 3.67. The van der Waals surface area contributed by atoms with Crippen LogP contribution in [0.3, 0.4) is 0 Å². The lowest BCUT2D eigenvalue weighted by atomic mass is 10.2. The minimum atomic E-state index is -0.238. The average molecular weight is 314 g/mol. The highest BCUT2D eigenvalue weighted by molar-refractivity contribution is 5.97. The molecule has 0 saturated carbocycles. The maximum absolute atomic E-state index is 12.2. The van der Waals surface area contributed by atoms with Crippen molar-refractivity contribution in [3.05, 3.63) is 35.5 Å². The highest BCUT2D eigenvalue weighted by Gasteiger charge is 2.23. The molecule has 2 N–H and O–H groups in total. The van der Waals surface area contributed by atoms with Crippen LogP contribution in [0.2, 0.25) is 0 Å². The number of nitrogens with zero attached hydrogens (tertiary/aromatic N) is 4. The minimum Gasteiger partial charge on any atom is -0.368 e. The number of carbonyl (C=O) groups excluding carboxylic acids is 1. The van der Waals surface area contributed by atoms with Crippen molar-refractivity contribution in [1.29, 1.82) is 0 Å². The zero-order chi connectivity index (χ0) is 15.6. The Morgan fingerprint density at radius 1 is 1.35 bits per heavy atom. The molecule has 1 aliphatic heterocycles. The Balaban J connectivity index is 1.40. The number of hydrogen-bond donors (Lipinski definition) is 2. The van der Waals surface area contributed by atoms with Crippen molar-refractivity contribution in [3.63, 3.8) is 0 Å². The summed E-state index contributed by atoms with van der Waals surface area (Å²) in [7, 11) is 0. The first-order chi connectivity index (χ1) is 11.3. The topological polar surface area (TPSA) is 119 Å². The van der Waals surface area contributed by atoms with E-state index in [2.05, 4.69) is 30.9 Å². The second-order valence-corrected chi connectivity index (χ2v) is 5.26. The van der Waals surface area contributed by atoms with Crippen molar-refractivity contribution in [2.24, 2.45) is 0 Å². The maximum Gasteiger partial charge on any atom is 0.255 e. The number of aromatic nitrogens is 5. The Morgan fingerprint density at radius 3 is 3.13 bits per heavy atom. The molecule has 23 heavy (non-hydrogen) atoms. The van der Waals surface area contributed by atoms with Gasteiger partial charge < -0.3 is 14.6 Å². The molecule has 1 saturated heterocycles. The van der Waals surface area contributed by atoms with Crippen molar-refractivity contribution in [3.8, 4) is 0 Å². The van der Waals surface area contributed by atoms with Gasteiger partial charge >= 0.3 is 0 Å². The van der Waals surface area contributed by atoms with Crippen LogP contribution in [-0.2, 0) is 11.3 Å². The fraction of sp³-hybridized carbons (Fsp3) is 0.357. The van der Waals surface area contributed by atoms with E-state index < -0.39 is 0 Å². The zero-order valence-corrected chi connectivity index (χ0v) is 12.2. The molecule has 1 fully saturated rings. The van der Waals surface area contributed by atoms with Gasteiger partial charge in [-0.3, -0.25) is 4.79 Å². The highest BCUT2D eigenvalue weighted by Crippen LogP contribution is 2.26. The zero-order valence-electron chi connectivity index (χ0n) is 12.2. The Hall–Kier alpha value is -2.81. The molecule has 1 aromatic carbocycles. The van der Waals surface area contributed by atoms with Crippen LogP contribution < -0.4 is 5.32 Å². The normalized spacial score (nSPS) is 17.7. The fourth-order valence-corrected chi connectivity index (χ4v) is 2.49. The van der Waals surface area contributed by atoms with E-state index in [0.29, 0.717) is 34.9 Å². The van der Waals surface area contributed by atoms with Gasteiger partial charge in [0, 0.05) is 12.2 Å². The Labute approximate surface area is 130 Å². The first kappa shape index (κ1) is 13.8. The van der Waals surface area contributed by atoms with Gasteiger partial charge in [-0.05, 0) is 31.0 Å². The molecular formula is C14H14N6O3. The van der Waals surface area contributed by atoms with Gasteiger partial charge in [0.25, 0.3) is 11.8 Å². The first-order valence-corrected chi connectivity index (χ1v) is 7.32. The van der Waals surface area contributed by atoms with Crippen molar-refractivity contribution in [2.75, 3.05) is 6.61 Å². The summed E-state index contributed by atoms with van der Waals surface area (Å²) in [6.45, 7) is 0.898. The van der Waals surface area contributed by atoms with E-state index in [0.717, 1.165) is 12.8 Å². The van der Waals surface area contributed by atoms with Crippen LogP contribution in [0.1, 0.15) is 41.0 Å². The van der Waals surface area contributed by atoms with Gasteiger partial charge in [-0.1, -0.05) is 5.16 Å². The summed E-state index contributed by atoms with van der Waals surface area (Å²) >= 11 is 0. The van der Waals surface area contributed by atoms with Crippen molar-refractivity contribution < 1.29 is 14.1 Å². The highest BCUT2D eigenvalue weighted by atomic mass is 16.5. The number of amides is 1. The Morgan fingerprint density at radius 2 is 2.26 bits per heavy atom. The van der Waals surface area contributed by atoms with E-state index >= 15 is 0 Å². The average Bonchev–Trinajstić information content (AvgIpc) is 3.32. The van der Waals surface area contributed by atoms with E-state index in [-0.39, 0.29) is 18.6 Å². The van der Waals surface area contributed by atoms with Crippen LogP contribution in [0, 0.1) is 0 Å². The number of fused-ring (bicyclic) bond motifs is 1. The third-order valence-electron chi connectivity index (χ3n) is 3.67. The molecule has 0 radical (unpaired) electrons. The number of rotatable bonds is 4. The van der Waals surface area contributed by atoms with E-state index in [1.54, 1.807) is 18.2 Å². The second kappa shape index (κ2) is 5.76. The first-order valence-electron chi connectivity index (χ1n) is 7.32. The number of H-pyrrole nitrogens is 1. The van der Waals surface area contributed by atoms with E-state index in [1.807, 2.05) is 0 Å². The second-order valence-electron chi connectivity index (χ2n) is 5.26. The molecule has 0 spiro atoms. The minimum absolute atomic E-state index is 0.124. The molecule has 0 bridgehead atoms. The number of benzene rings is 1. The molecule has 9 nitrogen and oxygen atoms in total. The summed E-state index contributed by atoms with van der Waals surface area (Å²) in [6.07, 6.45) is 1.75. The molecular weight excluding hydrogens is 300 g/mol. The predicted octanol–water partition coefficient (Wildman–Crippen LogP) is 1.12. The monoisotopic (exact) mass is 314 g/mol. The number of nitrogens with one attached hydrogen (secondary N) is 2. The van der Waals surface area contributed by atoms with Crippen LogP contribution in [0.5, 0.6) is 0 Å². The van der Waals surface area contributed by atoms with E-state index in [4.69, 9.17) is 9.26 Å². The molecule has 1 aliphatic rings. The van der Waals surface area contributed by atoms with E-state index in [1.165, 1.54) is 0 Å². The van der Waals surface area contributed by atoms with Gasteiger partial charge in [-0.2, -0.15) is 20.4 Å². The quantitative estimate of drug-likeness (QED) is 0.740. The van der Waals surface area contributed by atoms with Crippen LogP contribution >= 0.6 is 0 Å². The Bertz CT molecular complexity index is 836. The van der Waals surface area contributed by atoms with E-state index in [9.17, 15) is 4.79 Å². The molecule has 4 rings (SSSR count).